The first-order chi connectivity index (χ1) is 21.7. The van der Waals surface area contributed by atoms with Crippen molar-refractivity contribution < 1.29 is 28.9 Å². The number of benzene rings is 3. The van der Waals surface area contributed by atoms with Gasteiger partial charge in [0, 0.05) is 30.5 Å². The molecule has 1 amide bonds. The number of hydrogen-bond acceptors (Lipinski definition) is 7. The molecule has 11 heteroatoms. The molecule has 46 heavy (non-hydrogen) atoms. The summed E-state index contributed by atoms with van der Waals surface area (Å²) < 4.78 is 17.4. The lowest BCUT2D eigenvalue weighted by Crippen LogP contribution is -2.55. The number of aromatic nitrogens is 1. The van der Waals surface area contributed by atoms with Crippen LogP contribution in [0.15, 0.2) is 72.8 Å². The van der Waals surface area contributed by atoms with Gasteiger partial charge in [0.15, 0.2) is 0 Å². The molecule has 0 bridgehead atoms. The summed E-state index contributed by atoms with van der Waals surface area (Å²) in [6, 6.07) is 21.6. The number of methoxy groups -OCH3 is 2. The predicted molar refractivity (Wildman–Crippen MR) is 181 cm³/mol. The fourth-order valence-electron chi connectivity index (χ4n) is 5.64. The van der Waals surface area contributed by atoms with E-state index in [1.165, 1.54) is 0 Å². The first-order valence-electron chi connectivity index (χ1n) is 14.6. The average molecular weight is 667 g/mol. The predicted octanol–water partition coefficient (Wildman–Crippen LogP) is 6.19. The van der Waals surface area contributed by atoms with Gasteiger partial charge in [0.05, 0.1) is 37.1 Å². The van der Waals surface area contributed by atoms with E-state index in [0.29, 0.717) is 51.3 Å². The number of aliphatic carboxylic acids is 1. The Morgan fingerprint density at radius 2 is 1.59 bits per heavy atom. The van der Waals surface area contributed by atoms with Crippen LogP contribution in [0.25, 0.3) is 22.4 Å². The Bertz CT molecular complexity index is 1680. The fraction of sp³-hybridized carbons (Fsp3) is 0.286. The van der Waals surface area contributed by atoms with Crippen LogP contribution in [0.5, 0.6) is 17.2 Å². The van der Waals surface area contributed by atoms with Gasteiger partial charge in [-0.2, -0.15) is 0 Å². The van der Waals surface area contributed by atoms with Crippen molar-refractivity contribution in [1.29, 1.82) is 0 Å². The summed E-state index contributed by atoms with van der Waals surface area (Å²) in [6.07, 6.45) is 1.17. The number of hydrogen-bond donors (Lipinski definition) is 2. The molecule has 1 aromatic heterocycles. The van der Waals surface area contributed by atoms with E-state index < -0.39 is 17.4 Å². The molecule has 0 radical (unpaired) electrons. The molecule has 5 rings (SSSR count). The zero-order valence-electron chi connectivity index (χ0n) is 26.1. The maximum absolute atomic E-state index is 13.8. The third-order valence-corrected chi connectivity index (χ3v) is 8.21. The van der Waals surface area contributed by atoms with Gasteiger partial charge in [-0.1, -0.05) is 48.0 Å². The summed E-state index contributed by atoms with van der Waals surface area (Å²) in [6.45, 7) is 1.32. The summed E-state index contributed by atoms with van der Waals surface area (Å²) in [5.41, 5.74) is 2.74. The Morgan fingerprint density at radius 1 is 0.935 bits per heavy atom. The second-order valence-electron chi connectivity index (χ2n) is 11.2. The van der Waals surface area contributed by atoms with Crippen molar-refractivity contribution in [2.75, 3.05) is 41.5 Å². The maximum Gasteiger partial charge on any atom is 0.330 e. The van der Waals surface area contributed by atoms with Gasteiger partial charge in [-0.3, -0.25) is 4.79 Å². The van der Waals surface area contributed by atoms with Gasteiger partial charge in [-0.15, -0.1) is 12.4 Å². The second kappa shape index (κ2) is 14.9. The molecule has 0 spiro atoms. The number of halogens is 2. The van der Waals surface area contributed by atoms with Gasteiger partial charge in [-0.05, 0) is 68.0 Å². The molecule has 0 fully saturated rings. The highest BCUT2D eigenvalue weighted by Crippen LogP contribution is 2.43. The van der Waals surface area contributed by atoms with Gasteiger partial charge in [0.25, 0.3) is 5.91 Å². The summed E-state index contributed by atoms with van der Waals surface area (Å²) in [4.78, 5) is 33.2. The molecule has 1 aliphatic carbocycles. The number of rotatable bonds is 12. The smallest absolute Gasteiger partial charge is 0.330 e. The van der Waals surface area contributed by atoms with Crippen LogP contribution in [0.4, 0.5) is 0 Å². The number of nitrogens with zero attached hydrogens (tertiary/aromatic N) is 2. The Balaban J connectivity index is 0.00000480. The van der Waals surface area contributed by atoms with Gasteiger partial charge >= 0.3 is 5.97 Å². The summed E-state index contributed by atoms with van der Waals surface area (Å²) in [5.74, 6) is -0.110. The van der Waals surface area contributed by atoms with E-state index in [2.05, 4.69) is 10.2 Å². The van der Waals surface area contributed by atoms with Crippen LogP contribution >= 0.6 is 24.0 Å². The normalized spacial score (nSPS) is 13.0. The van der Waals surface area contributed by atoms with Crippen molar-refractivity contribution in [3.8, 4) is 39.6 Å². The largest absolute Gasteiger partial charge is 0.496 e. The summed E-state index contributed by atoms with van der Waals surface area (Å²) >= 11 is 6.52. The number of fused-ring (bicyclic) bond motifs is 1. The molecule has 1 aliphatic rings. The minimum absolute atomic E-state index is 0. The number of carboxylic acids is 1. The maximum atomic E-state index is 13.8. The quantitative estimate of drug-likeness (QED) is 0.172. The number of amides is 1. The monoisotopic (exact) mass is 665 g/mol. The molecule has 0 saturated carbocycles. The van der Waals surface area contributed by atoms with Gasteiger partial charge in [-0.25, -0.2) is 9.78 Å². The van der Waals surface area contributed by atoms with E-state index in [9.17, 15) is 14.7 Å². The van der Waals surface area contributed by atoms with Crippen LogP contribution in [-0.4, -0.2) is 73.9 Å². The highest BCUT2D eigenvalue weighted by atomic mass is 35.5. The molecule has 0 saturated heterocycles. The average Bonchev–Trinajstić information content (AvgIpc) is 3.42. The van der Waals surface area contributed by atoms with Crippen LogP contribution in [0.1, 0.15) is 28.0 Å². The van der Waals surface area contributed by atoms with Crippen LogP contribution in [-0.2, 0) is 17.6 Å². The minimum atomic E-state index is -1.49. The highest BCUT2D eigenvalue weighted by Gasteiger charge is 2.45. The van der Waals surface area contributed by atoms with E-state index >= 15 is 0 Å². The third kappa shape index (κ3) is 7.22. The number of carboxylic acid groups (broad SMARTS) is 1. The van der Waals surface area contributed by atoms with Crippen molar-refractivity contribution in [2.45, 2.75) is 24.8 Å². The van der Waals surface area contributed by atoms with Crippen LogP contribution < -0.4 is 19.5 Å². The molecule has 1 heterocycles. The first kappa shape index (κ1) is 34.6. The number of nitrogens with one attached hydrogen (secondary N) is 1. The van der Waals surface area contributed by atoms with Crippen molar-refractivity contribution in [2.24, 2.45) is 0 Å². The SMILES string of the molecule is COc1cccc(OC)c1-c1ccc(C(=O)NC2(C(=O)O)Cc3ccccc3C2)nc1-c1ccc(Cl)c(OCCCN(C)C)c1.Cl. The lowest BCUT2D eigenvalue weighted by Gasteiger charge is -2.25. The van der Waals surface area contributed by atoms with Crippen LogP contribution in [0.2, 0.25) is 5.02 Å². The number of carbonyl (C=O) groups excluding carboxylic acids is 1. The zero-order chi connectivity index (χ0) is 32.1. The Hall–Kier alpha value is -4.31. The lowest BCUT2D eigenvalue weighted by atomic mass is 9.94. The molecular weight excluding hydrogens is 629 g/mol. The fourth-order valence-corrected chi connectivity index (χ4v) is 5.81. The Morgan fingerprint density at radius 3 is 2.17 bits per heavy atom. The molecule has 0 aliphatic heterocycles. The van der Waals surface area contributed by atoms with E-state index in [1.54, 1.807) is 44.6 Å². The first-order valence-corrected chi connectivity index (χ1v) is 15.0. The molecule has 242 valence electrons. The lowest BCUT2D eigenvalue weighted by molar-refractivity contribution is -0.144. The number of pyridine rings is 1. The summed E-state index contributed by atoms with van der Waals surface area (Å²) in [7, 11) is 7.14. The molecule has 3 aromatic carbocycles. The van der Waals surface area contributed by atoms with E-state index in [4.69, 9.17) is 30.8 Å². The Kier molecular flexibility index (Phi) is 11.2. The van der Waals surface area contributed by atoms with Crippen molar-refractivity contribution in [3.05, 3.63) is 94.6 Å². The number of carbonyl (C=O) groups is 2. The second-order valence-corrected chi connectivity index (χ2v) is 11.7. The topological polar surface area (TPSA) is 110 Å². The van der Waals surface area contributed by atoms with E-state index in [-0.39, 0.29) is 30.9 Å². The van der Waals surface area contributed by atoms with Gasteiger partial charge < -0.3 is 29.5 Å². The van der Waals surface area contributed by atoms with Gasteiger partial charge in [0.1, 0.15) is 28.5 Å². The molecule has 2 N–H and O–H groups in total. The Labute approximate surface area is 279 Å². The molecular formula is C35H37Cl2N3O6. The van der Waals surface area contributed by atoms with Crippen LogP contribution in [0, 0.1) is 0 Å². The van der Waals surface area contributed by atoms with E-state index in [1.807, 2.05) is 56.6 Å². The zero-order valence-corrected chi connectivity index (χ0v) is 27.7. The molecule has 0 unspecified atom stereocenters. The van der Waals surface area contributed by atoms with Crippen molar-refractivity contribution >= 4 is 35.9 Å². The van der Waals surface area contributed by atoms with Crippen molar-refractivity contribution in [1.82, 2.24) is 15.2 Å². The molecule has 4 aromatic rings. The minimum Gasteiger partial charge on any atom is -0.496 e. The van der Waals surface area contributed by atoms with Crippen LogP contribution in [0.3, 0.4) is 0 Å². The number of ether oxygens (including phenoxy) is 3. The molecule has 9 nitrogen and oxygen atoms in total. The molecule has 0 atom stereocenters. The standard InChI is InChI=1S/C35H36ClN3O6.ClH/c1-39(2)17-8-18-45-30-19-22(13-15-26(30)36)32-25(31-28(43-3)11-7-12-29(31)44-4)14-16-27(37-32)33(40)38-35(34(41)42)20-23-9-5-6-10-24(23)21-35;/h5-7,9-16,19H,8,17-18,20-21H2,1-4H3,(H,38,40)(H,41,42);1H. The highest BCUT2D eigenvalue weighted by molar-refractivity contribution is 6.32. The summed E-state index contributed by atoms with van der Waals surface area (Å²) in [5, 5.41) is 13.5. The van der Waals surface area contributed by atoms with E-state index in [0.717, 1.165) is 24.1 Å². The van der Waals surface area contributed by atoms with Gasteiger partial charge in [0.2, 0.25) is 0 Å². The third-order valence-electron chi connectivity index (χ3n) is 7.90. The van der Waals surface area contributed by atoms with Crippen molar-refractivity contribution in [3.63, 3.8) is 0 Å².